The van der Waals surface area contributed by atoms with E-state index < -0.39 is 10.0 Å². The molecule has 0 aromatic heterocycles. The van der Waals surface area contributed by atoms with Crippen molar-refractivity contribution in [3.05, 3.63) is 29.8 Å². The van der Waals surface area contributed by atoms with Crippen LogP contribution in [-0.4, -0.2) is 46.1 Å². The number of hydrogen-bond donors (Lipinski definition) is 1. The van der Waals surface area contributed by atoms with Crippen molar-refractivity contribution in [1.29, 1.82) is 0 Å². The Morgan fingerprint density at radius 3 is 2.55 bits per heavy atom. The van der Waals surface area contributed by atoms with Crippen molar-refractivity contribution < 1.29 is 13.2 Å². The average Bonchev–Trinajstić information content (AvgIpc) is 2.53. The van der Waals surface area contributed by atoms with Crippen molar-refractivity contribution in [3.8, 4) is 0 Å². The molecule has 0 saturated heterocycles. The second-order valence-corrected chi connectivity index (χ2v) is 6.83. The molecule has 0 amide bonds. The van der Waals surface area contributed by atoms with Crippen LogP contribution < -0.4 is 4.72 Å². The molecule has 22 heavy (non-hydrogen) atoms. The van der Waals surface area contributed by atoms with Crippen LogP contribution >= 0.6 is 0 Å². The smallest absolute Gasteiger partial charge is 0.240 e. The molecule has 1 aromatic rings. The number of nitrogens with one attached hydrogen (secondary N) is 1. The van der Waals surface area contributed by atoms with Crippen molar-refractivity contribution in [2.24, 2.45) is 0 Å². The molecule has 0 aliphatic carbocycles. The highest BCUT2D eigenvalue weighted by Crippen LogP contribution is 2.12. The van der Waals surface area contributed by atoms with Gasteiger partial charge in [0, 0.05) is 13.2 Å². The fourth-order valence-electron chi connectivity index (χ4n) is 2.15. The molecule has 0 unspecified atom stereocenters. The molecule has 126 valence electrons. The number of nitrogens with zero attached hydrogens (tertiary/aromatic N) is 1. The Kier molecular flexibility index (Phi) is 8.63. The Hall–Kier alpha value is -0.950. The van der Waals surface area contributed by atoms with E-state index in [0.29, 0.717) is 24.7 Å². The molecular formula is C16H28N2O3S. The zero-order valence-electron chi connectivity index (χ0n) is 13.8. The van der Waals surface area contributed by atoms with Crippen molar-refractivity contribution in [2.75, 3.05) is 32.8 Å². The number of rotatable bonds is 11. The molecule has 1 aromatic carbocycles. The quantitative estimate of drug-likeness (QED) is 0.633. The van der Waals surface area contributed by atoms with E-state index in [1.54, 1.807) is 18.2 Å². The third-order valence-electron chi connectivity index (χ3n) is 3.52. The zero-order valence-corrected chi connectivity index (χ0v) is 14.7. The van der Waals surface area contributed by atoms with Crippen LogP contribution in [0.2, 0.25) is 0 Å². The van der Waals surface area contributed by atoms with Gasteiger partial charge in [-0.15, -0.1) is 0 Å². The molecule has 0 aliphatic heterocycles. The van der Waals surface area contributed by atoms with E-state index in [4.69, 9.17) is 4.74 Å². The van der Waals surface area contributed by atoms with E-state index in [2.05, 4.69) is 23.5 Å². The predicted octanol–water partition coefficient (Wildman–Crippen LogP) is 2.23. The van der Waals surface area contributed by atoms with Crippen LogP contribution in [0.4, 0.5) is 0 Å². The summed E-state index contributed by atoms with van der Waals surface area (Å²) in [6.07, 6.45) is 0.805. The summed E-state index contributed by atoms with van der Waals surface area (Å²) in [7, 11) is -3.44. The molecule has 0 saturated carbocycles. The lowest BCUT2D eigenvalue weighted by Gasteiger charge is -2.17. The second kappa shape index (κ2) is 9.94. The van der Waals surface area contributed by atoms with E-state index in [0.717, 1.165) is 31.6 Å². The Morgan fingerprint density at radius 1 is 1.18 bits per heavy atom. The van der Waals surface area contributed by atoms with Crippen molar-refractivity contribution >= 4 is 10.0 Å². The molecule has 0 atom stereocenters. The molecule has 1 N–H and O–H groups in total. The first-order valence-corrected chi connectivity index (χ1v) is 9.40. The monoisotopic (exact) mass is 328 g/mol. The summed E-state index contributed by atoms with van der Waals surface area (Å²) < 4.78 is 32.5. The van der Waals surface area contributed by atoms with Gasteiger partial charge in [-0.05, 0) is 50.7 Å². The van der Waals surface area contributed by atoms with E-state index in [1.807, 2.05) is 13.0 Å². The molecule has 0 aliphatic rings. The third-order valence-corrected chi connectivity index (χ3v) is 4.98. The highest BCUT2D eigenvalue weighted by Gasteiger charge is 2.13. The molecule has 6 heteroatoms. The van der Waals surface area contributed by atoms with Gasteiger partial charge in [0.1, 0.15) is 0 Å². The highest BCUT2D eigenvalue weighted by molar-refractivity contribution is 7.89. The number of benzene rings is 1. The fraction of sp³-hybridized carbons (Fsp3) is 0.625. The molecule has 0 spiro atoms. The van der Waals surface area contributed by atoms with Gasteiger partial charge in [-0.25, -0.2) is 13.1 Å². The summed E-state index contributed by atoms with van der Waals surface area (Å²) in [6.45, 7) is 10.5. The Bertz CT molecular complexity index is 528. The minimum absolute atomic E-state index is 0.299. The topological polar surface area (TPSA) is 58.6 Å². The number of hydrogen-bond acceptors (Lipinski definition) is 4. The third kappa shape index (κ3) is 6.44. The minimum Gasteiger partial charge on any atom is -0.377 e. The standard InChI is InChI=1S/C16H28N2O3S/c1-4-18(5-2)12-8-11-17-22(19,20)16-10-7-9-15(13-16)14-21-6-3/h7,9-10,13,17H,4-6,8,11-12,14H2,1-3H3. The maximum Gasteiger partial charge on any atom is 0.240 e. The normalized spacial score (nSPS) is 12.0. The van der Waals surface area contributed by atoms with E-state index >= 15 is 0 Å². The van der Waals surface area contributed by atoms with Gasteiger partial charge in [0.2, 0.25) is 10.0 Å². The molecule has 5 nitrogen and oxygen atoms in total. The van der Waals surface area contributed by atoms with E-state index in [1.165, 1.54) is 0 Å². The van der Waals surface area contributed by atoms with Gasteiger partial charge in [-0.1, -0.05) is 26.0 Å². The molecule has 1 rings (SSSR count). The van der Waals surface area contributed by atoms with Crippen LogP contribution in [0, 0.1) is 0 Å². The highest BCUT2D eigenvalue weighted by atomic mass is 32.2. The number of sulfonamides is 1. The van der Waals surface area contributed by atoms with E-state index in [9.17, 15) is 8.42 Å². The van der Waals surface area contributed by atoms with Crippen molar-refractivity contribution in [3.63, 3.8) is 0 Å². The summed E-state index contributed by atoms with van der Waals surface area (Å²) in [6, 6.07) is 6.90. The zero-order chi connectivity index (χ0) is 16.4. The first-order valence-electron chi connectivity index (χ1n) is 7.92. The summed E-state index contributed by atoms with van der Waals surface area (Å²) in [5, 5.41) is 0. The first kappa shape index (κ1) is 19.1. The minimum atomic E-state index is -3.44. The fourth-order valence-corrected chi connectivity index (χ4v) is 3.30. The van der Waals surface area contributed by atoms with Gasteiger partial charge in [-0.3, -0.25) is 0 Å². The summed E-state index contributed by atoms with van der Waals surface area (Å²) in [5.74, 6) is 0. The SMILES string of the molecule is CCOCc1cccc(S(=O)(=O)NCCCN(CC)CC)c1. The maximum atomic E-state index is 12.3. The van der Waals surface area contributed by atoms with Crippen molar-refractivity contribution in [1.82, 2.24) is 9.62 Å². The van der Waals surface area contributed by atoms with Gasteiger partial charge in [-0.2, -0.15) is 0 Å². The average molecular weight is 328 g/mol. The molecule has 0 bridgehead atoms. The predicted molar refractivity (Wildman–Crippen MR) is 89.4 cm³/mol. The van der Waals surface area contributed by atoms with Crippen LogP contribution in [0.15, 0.2) is 29.2 Å². The van der Waals surface area contributed by atoms with Crippen LogP contribution in [0.25, 0.3) is 0 Å². The van der Waals surface area contributed by atoms with E-state index in [-0.39, 0.29) is 0 Å². The largest absolute Gasteiger partial charge is 0.377 e. The van der Waals surface area contributed by atoms with Crippen LogP contribution in [0.3, 0.4) is 0 Å². The van der Waals surface area contributed by atoms with Crippen LogP contribution in [0.1, 0.15) is 32.8 Å². The maximum absolute atomic E-state index is 12.3. The summed E-state index contributed by atoms with van der Waals surface area (Å²) >= 11 is 0. The number of ether oxygens (including phenoxy) is 1. The summed E-state index contributed by atoms with van der Waals surface area (Å²) in [5.41, 5.74) is 0.868. The van der Waals surface area contributed by atoms with Gasteiger partial charge < -0.3 is 9.64 Å². The van der Waals surface area contributed by atoms with Crippen molar-refractivity contribution in [2.45, 2.75) is 38.7 Å². The van der Waals surface area contributed by atoms with Crippen LogP contribution in [-0.2, 0) is 21.4 Å². The lowest BCUT2D eigenvalue weighted by molar-refractivity contribution is 0.134. The Labute approximate surface area is 134 Å². The molecular weight excluding hydrogens is 300 g/mol. The second-order valence-electron chi connectivity index (χ2n) is 5.06. The molecule has 0 radical (unpaired) electrons. The summed E-state index contributed by atoms with van der Waals surface area (Å²) in [4.78, 5) is 2.57. The lowest BCUT2D eigenvalue weighted by Crippen LogP contribution is -2.30. The van der Waals surface area contributed by atoms with Gasteiger partial charge in [0.05, 0.1) is 11.5 Å². The molecule has 0 heterocycles. The Balaban J connectivity index is 2.55. The van der Waals surface area contributed by atoms with Gasteiger partial charge in [0.15, 0.2) is 0 Å². The first-order chi connectivity index (χ1) is 10.5. The van der Waals surface area contributed by atoms with Gasteiger partial charge in [0.25, 0.3) is 0 Å². The molecule has 0 fully saturated rings. The lowest BCUT2D eigenvalue weighted by atomic mass is 10.2. The van der Waals surface area contributed by atoms with Gasteiger partial charge >= 0.3 is 0 Å². The Morgan fingerprint density at radius 2 is 1.91 bits per heavy atom. The van der Waals surface area contributed by atoms with Crippen LogP contribution in [0.5, 0.6) is 0 Å².